The maximum absolute atomic E-state index is 10.2. The van der Waals surface area contributed by atoms with E-state index in [9.17, 15) is 10.1 Å². The smallest absolute Gasteiger partial charge is 0.389 e. The van der Waals surface area contributed by atoms with Gasteiger partial charge in [0.1, 0.15) is 0 Å². The molecule has 0 aliphatic rings. The fourth-order valence-corrected chi connectivity index (χ4v) is 0.892. The number of hydrogen-bond donors (Lipinski definition) is 1. The molecule has 1 unspecified atom stereocenters. The van der Waals surface area contributed by atoms with Gasteiger partial charge in [0.05, 0.1) is 30.0 Å². The third-order valence-corrected chi connectivity index (χ3v) is 1.59. The molecule has 0 aliphatic carbocycles. The Bertz CT molecular complexity index is 295. The van der Waals surface area contributed by atoms with Crippen LogP contribution in [0.4, 0.5) is 5.82 Å². The van der Waals surface area contributed by atoms with Gasteiger partial charge in [0.25, 0.3) is 0 Å². The van der Waals surface area contributed by atoms with Crippen molar-refractivity contribution < 1.29 is 10.0 Å². The Morgan fingerprint density at radius 1 is 1.85 bits per heavy atom. The highest BCUT2D eigenvalue weighted by atomic mass is 16.6. The minimum Gasteiger partial charge on any atom is -0.393 e. The van der Waals surface area contributed by atoms with E-state index in [1.807, 2.05) is 0 Å². The average molecular weight is 185 g/mol. The lowest BCUT2D eigenvalue weighted by Gasteiger charge is -1.99. The van der Waals surface area contributed by atoms with Gasteiger partial charge in [-0.25, -0.2) is 0 Å². The number of hydrogen-bond acceptors (Lipinski definition) is 4. The molecule has 1 heterocycles. The van der Waals surface area contributed by atoms with Gasteiger partial charge in [0, 0.05) is 0 Å². The van der Waals surface area contributed by atoms with Crippen molar-refractivity contribution in [1.29, 1.82) is 0 Å². The molecular weight excluding hydrogens is 174 g/mol. The molecule has 0 aromatic carbocycles. The number of aliphatic hydroxyl groups excluding tert-OH is 1. The average Bonchev–Trinajstić information content (AvgIpc) is 2.48. The molecule has 1 rings (SSSR count). The van der Waals surface area contributed by atoms with Gasteiger partial charge in [-0.3, -0.25) is 0 Å². The zero-order valence-electron chi connectivity index (χ0n) is 7.25. The lowest BCUT2D eigenvalue weighted by molar-refractivity contribution is -0.389. The van der Waals surface area contributed by atoms with Crippen LogP contribution in [-0.4, -0.2) is 25.9 Å². The zero-order chi connectivity index (χ0) is 9.84. The molecule has 6 heteroatoms. The molecule has 1 atom stereocenters. The Morgan fingerprint density at radius 2 is 2.54 bits per heavy atom. The summed E-state index contributed by atoms with van der Waals surface area (Å²) in [4.78, 5) is 9.69. The van der Waals surface area contributed by atoms with E-state index in [0.29, 0.717) is 13.0 Å². The van der Waals surface area contributed by atoms with Crippen molar-refractivity contribution in [3.05, 3.63) is 22.4 Å². The molecule has 1 N–H and O–H groups in total. The molecule has 0 spiro atoms. The Hall–Kier alpha value is -1.43. The minimum atomic E-state index is -0.543. The molecule has 1 aromatic heterocycles. The van der Waals surface area contributed by atoms with E-state index in [2.05, 4.69) is 5.10 Å². The Morgan fingerprint density at radius 3 is 3.00 bits per heavy atom. The van der Waals surface area contributed by atoms with Crippen molar-refractivity contribution in [2.75, 3.05) is 0 Å². The van der Waals surface area contributed by atoms with Gasteiger partial charge in [0.15, 0.2) is 0 Å². The summed E-state index contributed by atoms with van der Waals surface area (Å²) in [7, 11) is 0. The third kappa shape index (κ3) is 2.83. The first-order valence-electron chi connectivity index (χ1n) is 3.95. The largest absolute Gasteiger partial charge is 0.393 e. The first-order chi connectivity index (χ1) is 6.09. The van der Waals surface area contributed by atoms with Crippen LogP contribution >= 0.6 is 0 Å². The highest BCUT2D eigenvalue weighted by molar-refractivity contribution is 5.13. The van der Waals surface area contributed by atoms with E-state index >= 15 is 0 Å². The summed E-state index contributed by atoms with van der Waals surface area (Å²) >= 11 is 0. The van der Waals surface area contributed by atoms with Crippen LogP contribution in [-0.2, 0) is 6.54 Å². The quantitative estimate of drug-likeness (QED) is 0.549. The Kier molecular flexibility index (Phi) is 2.97. The monoisotopic (exact) mass is 185 g/mol. The Labute approximate surface area is 74.9 Å². The van der Waals surface area contributed by atoms with E-state index in [1.54, 1.807) is 6.92 Å². The lowest BCUT2D eigenvalue weighted by Crippen LogP contribution is -2.07. The van der Waals surface area contributed by atoms with Gasteiger partial charge in [0.2, 0.25) is 0 Å². The second-order valence-electron chi connectivity index (χ2n) is 2.83. The van der Waals surface area contributed by atoms with Crippen molar-refractivity contribution in [2.24, 2.45) is 0 Å². The van der Waals surface area contributed by atoms with Gasteiger partial charge in [-0.05, 0) is 18.3 Å². The first-order valence-corrected chi connectivity index (χ1v) is 3.95. The number of aryl methyl sites for hydroxylation is 1. The molecular formula is C7H11N3O3. The summed E-state index contributed by atoms with van der Waals surface area (Å²) in [5, 5.41) is 22.9. The van der Waals surface area contributed by atoms with E-state index in [-0.39, 0.29) is 5.82 Å². The summed E-state index contributed by atoms with van der Waals surface area (Å²) in [5.74, 6) is -0.161. The molecule has 0 radical (unpaired) electrons. The predicted octanol–water partition coefficient (Wildman–Crippen LogP) is 0.562. The number of nitrogens with zero attached hydrogens (tertiary/aromatic N) is 3. The van der Waals surface area contributed by atoms with Crippen molar-refractivity contribution in [1.82, 2.24) is 9.78 Å². The van der Waals surface area contributed by atoms with Crippen molar-refractivity contribution in [3.8, 4) is 0 Å². The lowest BCUT2D eigenvalue weighted by atomic mass is 10.3. The molecule has 0 bridgehead atoms. The van der Waals surface area contributed by atoms with E-state index in [4.69, 9.17) is 5.11 Å². The molecule has 0 aliphatic heterocycles. The number of nitro groups is 1. The molecule has 1 aromatic rings. The summed E-state index contributed by atoms with van der Waals surface area (Å²) < 4.78 is 1.45. The van der Waals surface area contributed by atoms with Gasteiger partial charge in [-0.1, -0.05) is 0 Å². The fourth-order valence-electron chi connectivity index (χ4n) is 0.892. The molecule has 0 saturated heterocycles. The summed E-state index contributed by atoms with van der Waals surface area (Å²) in [5.41, 5.74) is 0. The van der Waals surface area contributed by atoms with E-state index < -0.39 is 11.0 Å². The number of rotatable bonds is 4. The van der Waals surface area contributed by atoms with Crippen LogP contribution in [0.3, 0.4) is 0 Å². The highest BCUT2D eigenvalue weighted by Crippen LogP contribution is 2.06. The van der Waals surface area contributed by atoms with Crippen molar-refractivity contribution in [3.63, 3.8) is 0 Å². The maximum Gasteiger partial charge on any atom is 0.389 e. The topological polar surface area (TPSA) is 81.2 Å². The van der Waals surface area contributed by atoms with Crippen LogP contribution in [0, 0.1) is 10.1 Å². The minimum absolute atomic E-state index is 0.161. The molecule has 0 saturated carbocycles. The van der Waals surface area contributed by atoms with Crippen molar-refractivity contribution in [2.45, 2.75) is 26.0 Å². The summed E-state index contributed by atoms with van der Waals surface area (Å²) in [6.07, 6.45) is 1.66. The van der Waals surface area contributed by atoms with Crippen LogP contribution in [0.1, 0.15) is 13.3 Å². The molecule has 72 valence electrons. The second-order valence-corrected chi connectivity index (χ2v) is 2.83. The summed E-state index contributed by atoms with van der Waals surface area (Å²) in [6, 6.07) is 1.34. The number of aromatic nitrogens is 2. The maximum atomic E-state index is 10.2. The number of aliphatic hydroxyl groups is 1. The normalized spacial score (nSPS) is 12.8. The zero-order valence-corrected chi connectivity index (χ0v) is 7.25. The standard InChI is InChI=1S/C7H11N3O3/c1-6(11)2-4-9-5-3-7(8-9)10(12)13/h3,5-6,11H,2,4H2,1H3. The van der Waals surface area contributed by atoms with Crippen LogP contribution < -0.4 is 0 Å². The van der Waals surface area contributed by atoms with Crippen LogP contribution in [0.25, 0.3) is 0 Å². The van der Waals surface area contributed by atoms with Gasteiger partial charge < -0.3 is 15.2 Å². The van der Waals surface area contributed by atoms with Gasteiger partial charge >= 0.3 is 5.82 Å². The van der Waals surface area contributed by atoms with Crippen LogP contribution in [0.15, 0.2) is 12.3 Å². The first kappa shape index (κ1) is 9.66. The Balaban J connectivity index is 2.54. The van der Waals surface area contributed by atoms with Gasteiger partial charge in [-0.15, -0.1) is 0 Å². The van der Waals surface area contributed by atoms with Crippen LogP contribution in [0.2, 0.25) is 0 Å². The van der Waals surface area contributed by atoms with Crippen LogP contribution in [0.5, 0.6) is 0 Å². The third-order valence-electron chi connectivity index (χ3n) is 1.59. The van der Waals surface area contributed by atoms with Crippen molar-refractivity contribution >= 4 is 5.82 Å². The summed E-state index contributed by atoms with van der Waals surface area (Å²) in [6.45, 7) is 2.16. The highest BCUT2D eigenvalue weighted by Gasteiger charge is 2.10. The van der Waals surface area contributed by atoms with Gasteiger partial charge in [-0.2, -0.15) is 4.68 Å². The fraction of sp³-hybridized carbons (Fsp3) is 0.571. The van der Waals surface area contributed by atoms with E-state index in [0.717, 1.165) is 0 Å². The molecule has 0 amide bonds. The predicted molar refractivity (Wildman–Crippen MR) is 45.2 cm³/mol. The van der Waals surface area contributed by atoms with E-state index in [1.165, 1.54) is 16.9 Å². The SMILES string of the molecule is CC(O)CCn1ccc([N+](=O)[O-])n1. The molecule has 13 heavy (non-hydrogen) atoms. The second kappa shape index (κ2) is 3.99. The molecule has 6 nitrogen and oxygen atoms in total. The molecule has 0 fully saturated rings.